The van der Waals surface area contributed by atoms with Gasteiger partial charge in [-0.3, -0.25) is 0 Å². The van der Waals surface area contributed by atoms with E-state index in [4.69, 9.17) is 10.5 Å². The van der Waals surface area contributed by atoms with E-state index in [1.165, 1.54) is 42.4 Å². The van der Waals surface area contributed by atoms with Crippen molar-refractivity contribution in [3.8, 4) is 5.75 Å². The Kier molecular flexibility index (Phi) is 3.72. The predicted octanol–water partition coefficient (Wildman–Crippen LogP) is 3.50. The normalized spacial score (nSPS) is 18.4. The summed E-state index contributed by atoms with van der Waals surface area (Å²) in [6, 6.07) is 4.57. The van der Waals surface area contributed by atoms with Crippen molar-refractivity contribution in [2.75, 3.05) is 7.11 Å². The summed E-state index contributed by atoms with van der Waals surface area (Å²) in [4.78, 5) is 0. The summed E-state index contributed by atoms with van der Waals surface area (Å²) in [6.45, 7) is 4.19. The third kappa shape index (κ3) is 2.47. The van der Waals surface area contributed by atoms with Gasteiger partial charge in [-0.1, -0.05) is 25.0 Å². The quantitative estimate of drug-likeness (QED) is 0.867. The molecule has 1 aromatic rings. The molecule has 0 spiro atoms. The molecule has 2 nitrogen and oxygen atoms in total. The Morgan fingerprint density at radius 2 is 1.71 bits per heavy atom. The molecule has 0 amide bonds. The van der Waals surface area contributed by atoms with Gasteiger partial charge in [0.05, 0.1) is 7.11 Å². The largest absolute Gasteiger partial charge is 0.496 e. The maximum absolute atomic E-state index is 6.39. The molecule has 2 rings (SSSR count). The second-order valence-electron chi connectivity index (χ2n) is 5.26. The van der Waals surface area contributed by atoms with Gasteiger partial charge in [0.2, 0.25) is 0 Å². The van der Waals surface area contributed by atoms with Crippen LogP contribution in [-0.4, -0.2) is 7.11 Å². The molecule has 1 aliphatic carbocycles. The first kappa shape index (κ1) is 12.4. The molecule has 0 aromatic heterocycles. The minimum Gasteiger partial charge on any atom is -0.496 e. The predicted molar refractivity (Wildman–Crippen MR) is 71.4 cm³/mol. The number of rotatable bonds is 3. The summed E-state index contributed by atoms with van der Waals surface area (Å²) in [5, 5.41) is 0. The van der Waals surface area contributed by atoms with E-state index in [1.54, 1.807) is 7.11 Å². The lowest BCUT2D eigenvalue weighted by Gasteiger charge is -2.21. The molecule has 1 atom stereocenters. The monoisotopic (exact) mass is 233 g/mol. The zero-order chi connectivity index (χ0) is 12.4. The van der Waals surface area contributed by atoms with E-state index < -0.39 is 0 Å². The molecule has 1 fully saturated rings. The van der Waals surface area contributed by atoms with Crippen LogP contribution in [-0.2, 0) is 0 Å². The molecule has 1 aliphatic rings. The first-order valence-electron chi connectivity index (χ1n) is 6.54. The van der Waals surface area contributed by atoms with Crippen LogP contribution in [0.3, 0.4) is 0 Å². The van der Waals surface area contributed by atoms with Crippen molar-refractivity contribution in [1.82, 2.24) is 0 Å². The Morgan fingerprint density at radius 1 is 1.18 bits per heavy atom. The van der Waals surface area contributed by atoms with Crippen molar-refractivity contribution in [1.29, 1.82) is 0 Å². The van der Waals surface area contributed by atoms with Crippen LogP contribution in [0, 0.1) is 19.8 Å². The van der Waals surface area contributed by atoms with Crippen LogP contribution in [0.15, 0.2) is 12.1 Å². The van der Waals surface area contributed by atoms with E-state index in [9.17, 15) is 0 Å². The second-order valence-corrected chi connectivity index (χ2v) is 5.26. The lowest BCUT2D eigenvalue weighted by Crippen LogP contribution is -2.19. The summed E-state index contributed by atoms with van der Waals surface area (Å²) in [6.07, 6.45) is 5.25. The molecule has 0 bridgehead atoms. The Hall–Kier alpha value is -1.02. The summed E-state index contributed by atoms with van der Waals surface area (Å²) in [5.74, 6) is 1.66. The Balaban J connectivity index is 2.26. The zero-order valence-corrected chi connectivity index (χ0v) is 11.1. The van der Waals surface area contributed by atoms with E-state index >= 15 is 0 Å². The lowest BCUT2D eigenvalue weighted by molar-refractivity contribution is 0.406. The minimum absolute atomic E-state index is 0.195. The molecular formula is C15H23NO. The average molecular weight is 233 g/mol. The van der Waals surface area contributed by atoms with Gasteiger partial charge in [-0.15, -0.1) is 0 Å². The van der Waals surface area contributed by atoms with Crippen LogP contribution in [0.4, 0.5) is 0 Å². The number of methoxy groups -OCH3 is 1. The Morgan fingerprint density at radius 3 is 2.18 bits per heavy atom. The molecule has 0 radical (unpaired) electrons. The molecule has 1 saturated carbocycles. The molecule has 1 aromatic carbocycles. The van der Waals surface area contributed by atoms with Gasteiger partial charge in [0.1, 0.15) is 5.75 Å². The van der Waals surface area contributed by atoms with Crippen LogP contribution < -0.4 is 10.5 Å². The third-order valence-corrected chi connectivity index (χ3v) is 3.98. The Bertz CT molecular complexity index is 371. The average Bonchev–Trinajstić information content (AvgIpc) is 2.81. The van der Waals surface area contributed by atoms with Gasteiger partial charge in [-0.25, -0.2) is 0 Å². The SMILES string of the molecule is COc1c(C)cc([C@H](N)C2CCCC2)cc1C. The van der Waals surface area contributed by atoms with Crippen molar-refractivity contribution < 1.29 is 4.74 Å². The molecule has 17 heavy (non-hydrogen) atoms. The molecule has 94 valence electrons. The smallest absolute Gasteiger partial charge is 0.124 e. The highest BCUT2D eigenvalue weighted by molar-refractivity contribution is 5.44. The molecule has 2 N–H and O–H groups in total. The van der Waals surface area contributed by atoms with Crippen LogP contribution in [0.1, 0.15) is 48.4 Å². The summed E-state index contributed by atoms with van der Waals surface area (Å²) < 4.78 is 5.40. The molecule has 2 heteroatoms. The number of ether oxygens (including phenoxy) is 1. The number of aryl methyl sites for hydroxylation is 2. The number of benzene rings is 1. The van der Waals surface area contributed by atoms with Gasteiger partial charge < -0.3 is 10.5 Å². The van der Waals surface area contributed by atoms with E-state index in [0.717, 1.165) is 5.75 Å². The van der Waals surface area contributed by atoms with Crippen molar-refractivity contribution in [2.24, 2.45) is 11.7 Å². The van der Waals surface area contributed by atoms with Gasteiger partial charge in [-0.05, 0) is 49.3 Å². The Labute approximate surface area is 104 Å². The van der Waals surface area contributed by atoms with Crippen LogP contribution in [0.25, 0.3) is 0 Å². The maximum Gasteiger partial charge on any atom is 0.124 e. The first-order chi connectivity index (χ1) is 8.13. The number of hydrogen-bond acceptors (Lipinski definition) is 2. The van der Waals surface area contributed by atoms with E-state index in [-0.39, 0.29) is 6.04 Å². The fraction of sp³-hybridized carbons (Fsp3) is 0.600. The fourth-order valence-corrected chi connectivity index (χ4v) is 3.09. The zero-order valence-electron chi connectivity index (χ0n) is 11.1. The highest BCUT2D eigenvalue weighted by atomic mass is 16.5. The van der Waals surface area contributed by atoms with E-state index in [1.807, 2.05) is 0 Å². The summed E-state index contributed by atoms with van der Waals surface area (Å²) >= 11 is 0. The third-order valence-electron chi connectivity index (χ3n) is 3.98. The summed E-state index contributed by atoms with van der Waals surface area (Å²) in [7, 11) is 1.73. The minimum atomic E-state index is 0.195. The van der Waals surface area contributed by atoms with Crippen LogP contribution in [0.5, 0.6) is 5.75 Å². The van der Waals surface area contributed by atoms with Gasteiger partial charge >= 0.3 is 0 Å². The number of hydrogen-bond donors (Lipinski definition) is 1. The molecule has 0 aliphatic heterocycles. The van der Waals surface area contributed by atoms with Gasteiger partial charge in [0, 0.05) is 6.04 Å². The van der Waals surface area contributed by atoms with Gasteiger partial charge in [0.15, 0.2) is 0 Å². The van der Waals surface area contributed by atoms with Crippen molar-refractivity contribution in [3.05, 3.63) is 28.8 Å². The van der Waals surface area contributed by atoms with Gasteiger partial charge in [-0.2, -0.15) is 0 Å². The standard InChI is InChI=1S/C15H23NO/c1-10-8-13(9-11(2)15(10)17-3)14(16)12-6-4-5-7-12/h8-9,12,14H,4-7,16H2,1-3H3/t14-/m1/s1. The number of nitrogens with two attached hydrogens (primary N) is 1. The maximum atomic E-state index is 6.39. The van der Waals surface area contributed by atoms with Crippen molar-refractivity contribution in [3.63, 3.8) is 0 Å². The molecule has 0 heterocycles. The second kappa shape index (κ2) is 5.09. The van der Waals surface area contributed by atoms with Crippen LogP contribution >= 0.6 is 0 Å². The summed E-state index contributed by atoms with van der Waals surface area (Å²) in [5.41, 5.74) is 10.0. The lowest BCUT2D eigenvalue weighted by atomic mass is 9.90. The highest BCUT2D eigenvalue weighted by Crippen LogP contribution is 2.36. The molecule has 0 saturated heterocycles. The van der Waals surface area contributed by atoms with E-state index in [2.05, 4.69) is 26.0 Å². The van der Waals surface area contributed by atoms with Crippen molar-refractivity contribution >= 4 is 0 Å². The fourth-order valence-electron chi connectivity index (χ4n) is 3.09. The van der Waals surface area contributed by atoms with Crippen molar-refractivity contribution in [2.45, 2.75) is 45.6 Å². The topological polar surface area (TPSA) is 35.2 Å². The van der Waals surface area contributed by atoms with Crippen LogP contribution in [0.2, 0.25) is 0 Å². The molecule has 0 unspecified atom stereocenters. The van der Waals surface area contributed by atoms with Gasteiger partial charge in [0.25, 0.3) is 0 Å². The first-order valence-corrected chi connectivity index (χ1v) is 6.54. The molecular weight excluding hydrogens is 210 g/mol. The highest BCUT2D eigenvalue weighted by Gasteiger charge is 2.24. The van der Waals surface area contributed by atoms with E-state index in [0.29, 0.717) is 5.92 Å².